The number of benzene rings is 1. The number of halogens is 3. The Morgan fingerprint density at radius 2 is 2.04 bits per heavy atom. The molecule has 1 aromatic carbocycles. The van der Waals surface area contributed by atoms with Crippen LogP contribution < -0.4 is 4.74 Å². The summed E-state index contributed by atoms with van der Waals surface area (Å²) in [4.78, 5) is 20.0. The molecule has 0 bridgehead atoms. The smallest absolute Gasteiger partial charge is 0.416 e. The third kappa shape index (κ3) is 6.23. The molecule has 0 N–H and O–H groups in total. The van der Waals surface area contributed by atoms with Gasteiger partial charge in [0.05, 0.1) is 18.8 Å². The van der Waals surface area contributed by atoms with Gasteiger partial charge in [0.15, 0.2) is 5.84 Å². The average Bonchev–Trinajstić information content (AvgIpc) is 2.84. The van der Waals surface area contributed by atoms with E-state index in [2.05, 4.69) is 9.98 Å². The molecule has 0 saturated carbocycles. The van der Waals surface area contributed by atoms with Crippen LogP contribution in [-0.2, 0) is 15.7 Å². The number of carbonyl (C=O) groups excluding carboxylic acids is 1. The van der Waals surface area contributed by atoms with Crippen LogP contribution >= 0.6 is 0 Å². The number of hydrogen-bond acceptors (Lipinski definition) is 5. The van der Waals surface area contributed by atoms with E-state index in [4.69, 9.17) is 9.47 Å². The molecule has 5 nitrogen and oxygen atoms in total. The second kappa shape index (κ2) is 8.83. The van der Waals surface area contributed by atoms with Crippen LogP contribution in [0.1, 0.15) is 31.4 Å². The third-order valence-electron chi connectivity index (χ3n) is 3.67. The van der Waals surface area contributed by atoms with Crippen molar-refractivity contribution < 1.29 is 27.4 Å². The molecule has 0 spiro atoms. The Labute approximate surface area is 155 Å². The van der Waals surface area contributed by atoms with Crippen molar-refractivity contribution in [3.05, 3.63) is 41.5 Å². The number of rotatable bonds is 5. The molecule has 27 heavy (non-hydrogen) atoms. The molecule has 0 saturated heterocycles. The van der Waals surface area contributed by atoms with Crippen LogP contribution in [0, 0.1) is 5.92 Å². The molecule has 2 rings (SSSR count). The van der Waals surface area contributed by atoms with Crippen molar-refractivity contribution in [2.24, 2.45) is 15.9 Å². The fourth-order valence-corrected chi connectivity index (χ4v) is 2.40. The Balaban J connectivity index is 2.20. The molecule has 0 aliphatic carbocycles. The first-order valence-electron chi connectivity index (χ1n) is 8.43. The fraction of sp³-hybridized carbons (Fsp3) is 0.421. The summed E-state index contributed by atoms with van der Waals surface area (Å²) in [6, 6.07) is 3.38. The number of allylic oxidation sites excluding steroid dienone is 1. The van der Waals surface area contributed by atoms with E-state index in [-0.39, 0.29) is 29.2 Å². The maximum atomic E-state index is 13.1. The van der Waals surface area contributed by atoms with Gasteiger partial charge in [-0.1, -0.05) is 6.08 Å². The van der Waals surface area contributed by atoms with Gasteiger partial charge in [0.1, 0.15) is 5.75 Å². The Hall–Kier alpha value is -2.64. The number of aliphatic imine (C=N–C) groups is 2. The summed E-state index contributed by atoms with van der Waals surface area (Å²) >= 11 is 0. The van der Waals surface area contributed by atoms with Crippen LogP contribution in [0.5, 0.6) is 5.75 Å². The minimum atomic E-state index is -4.50. The molecule has 8 heteroatoms. The van der Waals surface area contributed by atoms with Crippen molar-refractivity contribution >= 4 is 18.0 Å². The van der Waals surface area contributed by atoms with Gasteiger partial charge in [-0.25, -0.2) is 9.79 Å². The number of ether oxygens (including phenoxy) is 2. The summed E-state index contributed by atoms with van der Waals surface area (Å²) in [7, 11) is 1.30. The van der Waals surface area contributed by atoms with Gasteiger partial charge >= 0.3 is 12.1 Å². The summed E-state index contributed by atoms with van der Waals surface area (Å²) in [6.45, 7) is 3.87. The van der Waals surface area contributed by atoms with Gasteiger partial charge < -0.3 is 9.47 Å². The molecular formula is C19H21F3N2O3. The predicted molar refractivity (Wildman–Crippen MR) is 96.4 cm³/mol. The van der Waals surface area contributed by atoms with Crippen molar-refractivity contribution in [1.29, 1.82) is 0 Å². The monoisotopic (exact) mass is 382 g/mol. The highest BCUT2D eigenvalue weighted by atomic mass is 19.4. The van der Waals surface area contributed by atoms with Gasteiger partial charge in [0.2, 0.25) is 0 Å². The van der Waals surface area contributed by atoms with E-state index in [1.165, 1.54) is 19.3 Å². The van der Waals surface area contributed by atoms with Gasteiger partial charge in [-0.15, -0.1) is 0 Å². The number of hydrogen-bond donors (Lipinski definition) is 0. The number of methoxy groups -OCH3 is 1. The predicted octanol–water partition coefficient (Wildman–Crippen LogP) is 4.06. The van der Waals surface area contributed by atoms with Crippen LogP contribution in [0.4, 0.5) is 13.2 Å². The highest BCUT2D eigenvalue weighted by Crippen LogP contribution is 2.33. The Morgan fingerprint density at radius 3 is 2.67 bits per heavy atom. The number of esters is 1. The van der Waals surface area contributed by atoms with E-state index in [0.29, 0.717) is 13.0 Å². The van der Waals surface area contributed by atoms with Crippen molar-refractivity contribution in [2.45, 2.75) is 32.5 Å². The summed E-state index contributed by atoms with van der Waals surface area (Å²) < 4.78 is 49.2. The number of nitrogens with zero attached hydrogens (tertiary/aromatic N) is 2. The normalized spacial score (nSPS) is 17.7. The number of amidine groups is 1. The van der Waals surface area contributed by atoms with E-state index < -0.39 is 17.7 Å². The summed E-state index contributed by atoms with van der Waals surface area (Å²) in [5.74, 6) is -0.347. The van der Waals surface area contributed by atoms with Gasteiger partial charge in [0, 0.05) is 30.3 Å². The van der Waals surface area contributed by atoms with E-state index in [9.17, 15) is 18.0 Å². The molecule has 0 radical (unpaired) electrons. The van der Waals surface area contributed by atoms with Gasteiger partial charge in [0.25, 0.3) is 0 Å². The van der Waals surface area contributed by atoms with Crippen LogP contribution in [0.15, 0.2) is 40.3 Å². The van der Waals surface area contributed by atoms with Crippen molar-refractivity contribution in [2.75, 3.05) is 13.7 Å². The second-order valence-electron chi connectivity index (χ2n) is 6.23. The lowest BCUT2D eigenvalue weighted by Gasteiger charge is -2.11. The fourth-order valence-electron chi connectivity index (χ4n) is 2.40. The van der Waals surface area contributed by atoms with Crippen LogP contribution in [0.2, 0.25) is 0 Å². The third-order valence-corrected chi connectivity index (χ3v) is 3.67. The maximum absolute atomic E-state index is 13.1. The molecule has 1 heterocycles. The van der Waals surface area contributed by atoms with E-state index >= 15 is 0 Å². The zero-order valence-electron chi connectivity index (χ0n) is 15.3. The van der Waals surface area contributed by atoms with Gasteiger partial charge in [-0.3, -0.25) is 4.99 Å². The minimum absolute atomic E-state index is 0.0786. The van der Waals surface area contributed by atoms with E-state index in [1.807, 2.05) is 0 Å². The molecule has 1 aliphatic heterocycles. The lowest BCUT2D eigenvalue weighted by atomic mass is 10.1. The molecular weight excluding hydrogens is 361 g/mol. The Bertz CT molecular complexity index is 768. The lowest BCUT2D eigenvalue weighted by molar-refractivity contribution is -0.141. The number of carbonyl (C=O) groups is 1. The van der Waals surface area contributed by atoms with Gasteiger partial charge in [-0.05, 0) is 38.5 Å². The second-order valence-corrected chi connectivity index (χ2v) is 6.23. The lowest BCUT2D eigenvalue weighted by Crippen LogP contribution is -2.09. The largest absolute Gasteiger partial charge is 0.497 e. The molecule has 0 amide bonds. The van der Waals surface area contributed by atoms with Crippen molar-refractivity contribution in [1.82, 2.24) is 0 Å². The maximum Gasteiger partial charge on any atom is 0.416 e. The van der Waals surface area contributed by atoms with Crippen molar-refractivity contribution in [3.63, 3.8) is 0 Å². The first kappa shape index (κ1) is 20.7. The highest BCUT2D eigenvalue weighted by molar-refractivity contribution is 6.04. The zero-order valence-corrected chi connectivity index (χ0v) is 15.3. The standard InChI is InChI=1S/C19H21F3N2O3/c1-12(2)27-17(25)5-4-13-6-7-23-18(24-11-13)14-8-15(19(20,21)22)10-16(9-14)26-3/h4-5,8-13H,6-7H2,1-3H3/b5-4-. The summed E-state index contributed by atoms with van der Waals surface area (Å²) in [5.41, 5.74) is -0.603. The molecule has 1 atom stereocenters. The first-order chi connectivity index (χ1) is 12.7. The quantitative estimate of drug-likeness (QED) is 0.570. The molecule has 1 aromatic rings. The van der Waals surface area contributed by atoms with Gasteiger partial charge in [-0.2, -0.15) is 13.2 Å². The first-order valence-corrected chi connectivity index (χ1v) is 8.43. The molecule has 1 aliphatic rings. The van der Waals surface area contributed by atoms with Crippen LogP contribution in [-0.4, -0.2) is 37.8 Å². The molecule has 146 valence electrons. The highest BCUT2D eigenvalue weighted by Gasteiger charge is 2.32. The minimum Gasteiger partial charge on any atom is -0.497 e. The summed E-state index contributed by atoms with van der Waals surface area (Å²) in [6.07, 6.45) is 0.414. The molecule has 0 fully saturated rings. The summed E-state index contributed by atoms with van der Waals surface area (Å²) in [5, 5.41) is 0. The van der Waals surface area contributed by atoms with Crippen LogP contribution in [0.25, 0.3) is 0 Å². The van der Waals surface area contributed by atoms with Crippen molar-refractivity contribution in [3.8, 4) is 5.75 Å². The average molecular weight is 382 g/mol. The van der Waals surface area contributed by atoms with Crippen LogP contribution in [0.3, 0.4) is 0 Å². The molecule has 0 aromatic heterocycles. The van der Waals surface area contributed by atoms with E-state index in [1.54, 1.807) is 26.1 Å². The Morgan fingerprint density at radius 1 is 1.30 bits per heavy atom. The Kier molecular flexibility index (Phi) is 6.76. The van der Waals surface area contributed by atoms with E-state index in [0.717, 1.165) is 12.1 Å². The molecule has 1 unspecified atom stereocenters. The topological polar surface area (TPSA) is 60.2 Å². The SMILES string of the molecule is COc1cc(C2=NCCC(/C=C\C(=O)OC(C)C)C=N2)cc(C(F)(F)F)c1. The number of alkyl halides is 3. The zero-order chi connectivity index (χ0) is 20.0.